The number of carbonyl (C=O) groups is 2. The van der Waals surface area contributed by atoms with Crippen molar-refractivity contribution in [2.75, 3.05) is 30.0 Å². The highest BCUT2D eigenvalue weighted by Gasteiger charge is 2.47. The molecule has 2 heterocycles. The van der Waals surface area contributed by atoms with Gasteiger partial charge in [-0.15, -0.1) is 0 Å². The highest BCUT2D eigenvalue weighted by molar-refractivity contribution is 6.51. The number of benzene rings is 3. The molecule has 6 heteroatoms. The van der Waals surface area contributed by atoms with Gasteiger partial charge >= 0.3 is 0 Å². The summed E-state index contributed by atoms with van der Waals surface area (Å²) in [6.07, 6.45) is 2.34. The van der Waals surface area contributed by atoms with Crippen LogP contribution in [-0.4, -0.2) is 37.0 Å². The van der Waals surface area contributed by atoms with E-state index in [4.69, 9.17) is 4.74 Å². The van der Waals surface area contributed by atoms with E-state index >= 15 is 0 Å². The summed E-state index contributed by atoms with van der Waals surface area (Å²) in [4.78, 5) is 31.1. The largest absolute Gasteiger partial charge is 0.507 e. The molecule has 0 saturated carbocycles. The normalized spacial score (nSPS) is 19.2. The van der Waals surface area contributed by atoms with Crippen molar-refractivity contribution in [3.8, 4) is 5.75 Å². The van der Waals surface area contributed by atoms with Crippen LogP contribution in [0.5, 0.6) is 5.75 Å². The molecule has 0 aliphatic carbocycles. The van der Waals surface area contributed by atoms with Crippen LogP contribution in [0.15, 0.2) is 72.3 Å². The standard InChI is InChI=1S/C33H36N2O4/c1-21-9-8-10-22(19-21)29-28(30(36)26-20-23(33(2,3)4)11-16-27(26)39-5)31(37)32(38)35(29)25-14-12-24(13-15-25)34-17-6-7-18-34/h8-16,19-20,29,36H,6-7,17-18H2,1-5H3/b30-28+. The average molecular weight is 525 g/mol. The molecule has 39 heavy (non-hydrogen) atoms. The first-order valence-corrected chi connectivity index (χ1v) is 13.5. The Morgan fingerprint density at radius 1 is 0.923 bits per heavy atom. The Kier molecular flexibility index (Phi) is 6.98. The number of ether oxygens (including phenoxy) is 1. The molecule has 3 aromatic rings. The first-order chi connectivity index (χ1) is 18.6. The monoisotopic (exact) mass is 524 g/mol. The summed E-state index contributed by atoms with van der Waals surface area (Å²) in [6.45, 7) is 10.2. The number of aliphatic hydroxyl groups excluding tert-OH is 1. The molecule has 3 aromatic carbocycles. The number of anilines is 2. The second-order valence-electron chi connectivity index (χ2n) is 11.5. The lowest BCUT2D eigenvalue weighted by Crippen LogP contribution is -2.29. The van der Waals surface area contributed by atoms with Gasteiger partial charge in [-0.05, 0) is 72.7 Å². The SMILES string of the molecule is COc1ccc(C(C)(C)C)cc1/C(O)=C1\C(=O)C(=O)N(c2ccc(N3CCCC3)cc2)C1c1cccc(C)c1. The van der Waals surface area contributed by atoms with Crippen LogP contribution in [0.2, 0.25) is 0 Å². The van der Waals surface area contributed by atoms with Crippen molar-refractivity contribution in [3.05, 3.63) is 94.6 Å². The number of methoxy groups -OCH3 is 1. The molecule has 1 amide bonds. The van der Waals surface area contributed by atoms with E-state index < -0.39 is 17.7 Å². The van der Waals surface area contributed by atoms with Gasteiger partial charge in [0, 0.05) is 24.5 Å². The smallest absolute Gasteiger partial charge is 0.300 e. The number of hydrogen-bond acceptors (Lipinski definition) is 5. The molecule has 2 aliphatic heterocycles. The molecule has 1 atom stereocenters. The van der Waals surface area contributed by atoms with E-state index in [0.717, 1.165) is 35.5 Å². The third-order valence-corrected chi connectivity index (χ3v) is 7.72. The molecule has 2 fully saturated rings. The fourth-order valence-electron chi connectivity index (χ4n) is 5.56. The van der Waals surface area contributed by atoms with Crippen molar-refractivity contribution in [1.82, 2.24) is 0 Å². The first-order valence-electron chi connectivity index (χ1n) is 13.5. The summed E-state index contributed by atoms with van der Waals surface area (Å²) in [5.41, 5.74) is 4.69. The van der Waals surface area contributed by atoms with Crippen LogP contribution in [0.3, 0.4) is 0 Å². The molecule has 0 radical (unpaired) electrons. The molecule has 6 nitrogen and oxygen atoms in total. The number of carbonyl (C=O) groups excluding carboxylic acids is 2. The molecule has 2 aliphatic rings. The molecular formula is C33H36N2O4. The number of Topliss-reactive ketones (excluding diaryl/α,β-unsaturated/α-hetero) is 1. The van der Waals surface area contributed by atoms with Crippen LogP contribution in [-0.2, 0) is 15.0 Å². The van der Waals surface area contributed by atoms with Gasteiger partial charge in [-0.3, -0.25) is 14.5 Å². The summed E-state index contributed by atoms with van der Waals surface area (Å²) in [7, 11) is 1.53. The topological polar surface area (TPSA) is 70.1 Å². The molecule has 0 aromatic heterocycles. The number of amides is 1. The minimum atomic E-state index is -0.787. The summed E-state index contributed by atoms with van der Waals surface area (Å²) >= 11 is 0. The van der Waals surface area contributed by atoms with E-state index in [1.54, 1.807) is 6.07 Å². The van der Waals surface area contributed by atoms with Crippen molar-refractivity contribution < 1.29 is 19.4 Å². The molecular weight excluding hydrogens is 488 g/mol. The third kappa shape index (κ3) is 4.91. The summed E-state index contributed by atoms with van der Waals surface area (Å²) < 4.78 is 5.58. The van der Waals surface area contributed by atoms with Crippen molar-refractivity contribution >= 4 is 28.8 Å². The lowest BCUT2D eigenvalue weighted by atomic mass is 9.85. The third-order valence-electron chi connectivity index (χ3n) is 7.72. The Balaban J connectivity index is 1.68. The van der Waals surface area contributed by atoms with Gasteiger partial charge in [0.15, 0.2) is 0 Å². The zero-order valence-corrected chi connectivity index (χ0v) is 23.3. The Morgan fingerprint density at radius 3 is 2.21 bits per heavy atom. The van der Waals surface area contributed by atoms with E-state index in [1.807, 2.05) is 67.6 Å². The summed E-state index contributed by atoms with van der Waals surface area (Å²) in [5, 5.41) is 11.8. The van der Waals surface area contributed by atoms with Crippen LogP contribution in [0.25, 0.3) is 5.76 Å². The Morgan fingerprint density at radius 2 is 1.59 bits per heavy atom. The van der Waals surface area contributed by atoms with Crippen molar-refractivity contribution in [2.24, 2.45) is 0 Å². The highest BCUT2D eigenvalue weighted by Crippen LogP contribution is 2.44. The van der Waals surface area contributed by atoms with Crippen LogP contribution in [0, 0.1) is 6.92 Å². The lowest BCUT2D eigenvalue weighted by molar-refractivity contribution is -0.132. The fourth-order valence-corrected chi connectivity index (χ4v) is 5.56. The van der Waals surface area contributed by atoms with Gasteiger partial charge in [-0.2, -0.15) is 0 Å². The Hall–Kier alpha value is -4.06. The first kappa shape index (κ1) is 26.5. The van der Waals surface area contributed by atoms with Gasteiger partial charge in [0.2, 0.25) is 0 Å². The summed E-state index contributed by atoms with van der Waals surface area (Å²) in [6, 6.07) is 20.3. The van der Waals surface area contributed by atoms with E-state index in [2.05, 4.69) is 25.7 Å². The van der Waals surface area contributed by atoms with Gasteiger partial charge in [0.1, 0.15) is 11.5 Å². The minimum Gasteiger partial charge on any atom is -0.507 e. The molecule has 2 saturated heterocycles. The predicted octanol–water partition coefficient (Wildman–Crippen LogP) is 6.53. The lowest BCUT2D eigenvalue weighted by Gasteiger charge is -2.27. The predicted molar refractivity (Wildman–Crippen MR) is 156 cm³/mol. The van der Waals surface area contributed by atoms with Crippen LogP contribution >= 0.6 is 0 Å². The van der Waals surface area contributed by atoms with Gasteiger partial charge in [0.05, 0.1) is 24.3 Å². The van der Waals surface area contributed by atoms with Crippen molar-refractivity contribution in [1.29, 1.82) is 0 Å². The van der Waals surface area contributed by atoms with Crippen LogP contribution in [0.1, 0.15) is 61.9 Å². The van der Waals surface area contributed by atoms with Gasteiger partial charge < -0.3 is 14.7 Å². The Bertz CT molecular complexity index is 1440. The van der Waals surface area contributed by atoms with Gasteiger partial charge in [-0.25, -0.2) is 0 Å². The van der Waals surface area contributed by atoms with Gasteiger partial charge in [-0.1, -0.05) is 56.7 Å². The number of ketones is 1. The van der Waals surface area contributed by atoms with E-state index in [-0.39, 0.29) is 16.7 Å². The fraction of sp³-hybridized carbons (Fsp3) is 0.333. The van der Waals surface area contributed by atoms with Crippen molar-refractivity contribution in [2.45, 2.75) is 52.0 Å². The Labute approximate surface area is 230 Å². The second kappa shape index (κ2) is 10.3. The highest BCUT2D eigenvalue weighted by atomic mass is 16.5. The molecule has 0 bridgehead atoms. The zero-order valence-electron chi connectivity index (χ0n) is 23.3. The minimum absolute atomic E-state index is 0.0542. The zero-order chi connectivity index (χ0) is 27.9. The number of rotatable bonds is 5. The van der Waals surface area contributed by atoms with E-state index in [9.17, 15) is 14.7 Å². The molecule has 1 unspecified atom stereocenters. The molecule has 1 N–H and O–H groups in total. The molecule has 202 valence electrons. The van der Waals surface area contributed by atoms with Crippen LogP contribution in [0.4, 0.5) is 11.4 Å². The van der Waals surface area contributed by atoms with Gasteiger partial charge in [0.25, 0.3) is 11.7 Å². The van der Waals surface area contributed by atoms with E-state index in [0.29, 0.717) is 17.0 Å². The number of aliphatic hydroxyl groups is 1. The number of aryl methyl sites for hydroxylation is 1. The maximum atomic E-state index is 13.7. The maximum Gasteiger partial charge on any atom is 0.300 e. The van der Waals surface area contributed by atoms with Crippen molar-refractivity contribution in [3.63, 3.8) is 0 Å². The van der Waals surface area contributed by atoms with E-state index in [1.165, 1.54) is 24.9 Å². The second-order valence-corrected chi connectivity index (χ2v) is 11.5. The maximum absolute atomic E-state index is 13.7. The quantitative estimate of drug-likeness (QED) is 0.234. The number of hydrogen-bond donors (Lipinski definition) is 1. The number of nitrogens with zero attached hydrogens (tertiary/aromatic N) is 2. The molecule has 0 spiro atoms. The van der Waals surface area contributed by atoms with Crippen LogP contribution < -0.4 is 14.5 Å². The average Bonchev–Trinajstić information content (AvgIpc) is 3.55. The molecule has 5 rings (SSSR count). The summed E-state index contributed by atoms with van der Waals surface area (Å²) in [5.74, 6) is -1.18.